The second-order valence-electron chi connectivity index (χ2n) is 2.36. The third-order valence-corrected chi connectivity index (χ3v) is 1.38. The fraction of sp³-hybridized carbons (Fsp3) is 0.556. The zero-order valence-electron chi connectivity index (χ0n) is 7.31. The minimum atomic E-state index is -0.750. The Morgan fingerprint density at radius 3 is 2.67 bits per heavy atom. The zero-order chi connectivity index (χ0) is 9.40. The van der Waals surface area contributed by atoms with Crippen molar-refractivity contribution in [2.75, 3.05) is 13.2 Å². The van der Waals surface area contributed by atoms with Gasteiger partial charge in [-0.1, -0.05) is 18.2 Å². The van der Waals surface area contributed by atoms with Crippen molar-refractivity contribution in [1.29, 1.82) is 0 Å². The van der Waals surface area contributed by atoms with Gasteiger partial charge in [0.25, 0.3) is 0 Å². The monoisotopic (exact) mass is 172 g/mol. The number of aliphatic hydroxyl groups excluding tert-OH is 2. The molecule has 0 spiro atoms. The van der Waals surface area contributed by atoms with E-state index in [0.29, 0.717) is 6.61 Å². The highest BCUT2D eigenvalue weighted by molar-refractivity contribution is 4.90. The standard InChI is InChI=1S/C9H16O3/c1-3-5-8(11)9(7-10)12-6-4-2/h3-5,8-11H,2,6-7H2,1H3. The van der Waals surface area contributed by atoms with Gasteiger partial charge in [0.2, 0.25) is 0 Å². The Balaban J connectivity index is 3.85. The molecule has 0 aliphatic rings. The van der Waals surface area contributed by atoms with Crippen LogP contribution in [-0.2, 0) is 4.74 Å². The lowest BCUT2D eigenvalue weighted by atomic mass is 10.2. The highest BCUT2D eigenvalue weighted by atomic mass is 16.5. The lowest BCUT2D eigenvalue weighted by molar-refractivity contribution is -0.0352. The molecule has 0 aliphatic carbocycles. The van der Waals surface area contributed by atoms with E-state index in [1.165, 1.54) is 0 Å². The van der Waals surface area contributed by atoms with Gasteiger partial charge in [-0.05, 0) is 6.92 Å². The highest BCUT2D eigenvalue weighted by Crippen LogP contribution is 2.00. The summed E-state index contributed by atoms with van der Waals surface area (Å²) in [6.45, 7) is 5.40. The molecule has 0 amide bonds. The van der Waals surface area contributed by atoms with E-state index in [1.807, 2.05) is 0 Å². The number of hydrogen-bond donors (Lipinski definition) is 2. The van der Waals surface area contributed by atoms with Gasteiger partial charge >= 0.3 is 0 Å². The van der Waals surface area contributed by atoms with Gasteiger partial charge in [-0.15, -0.1) is 6.58 Å². The van der Waals surface area contributed by atoms with E-state index in [9.17, 15) is 5.11 Å². The topological polar surface area (TPSA) is 49.7 Å². The number of allylic oxidation sites excluding steroid dienone is 1. The maximum atomic E-state index is 9.33. The Labute approximate surface area is 73.0 Å². The molecule has 2 atom stereocenters. The molecule has 0 saturated carbocycles. The first-order chi connectivity index (χ1) is 5.76. The van der Waals surface area contributed by atoms with Crippen LogP contribution in [-0.4, -0.2) is 35.6 Å². The van der Waals surface area contributed by atoms with Crippen LogP contribution >= 0.6 is 0 Å². The molecule has 0 saturated heterocycles. The van der Waals surface area contributed by atoms with Gasteiger partial charge in [0.15, 0.2) is 0 Å². The first-order valence-corrected chi connectivity index (χ1v) is 3.90. The Morgan fingerprint density at radius 2 is 2.25 bits per heavy atom. The maximum Gasteiger partial charge on any atom is 0.110 e. The molecular weight excluding hydrogens is 156 g/mol. The first-order valence-electron chi connectivity index (χ1n) is 3.90. The minimum absolute atomic E-state index is 0.195. The average Bonchev–Trinajstić information content (AvgIpc) is 2.06. The summed E-state index contributed by atoms with van der Waals surface area (Å²) in [7, 11) is 0. The normalized spacial score (nSPS) is 16.2. The van der Waals surface area contributed by atoms with Crippen LogP contribution in [0.3, 0.4) is 0 Å². The van der Waals surface area contributed by atoms with E-state index in [0.717, 1.165) is 0 Å². The molecule has 0 bridgehead atoms. The lowest BCUT2D eigenvalue weighted by Gasteiger charge is -2.17. The van der Waals surface area contributed by atoms with Gasteiger partial charge in [0.05, 0.1) is 13.2 Å². The lowest BCUT2D eigenvalue weighted by Crippen LogP contribution is -2.30. The zero-order valence-corrected chi connectivity index (χ0v) is 7.31. The predicted molar refractivity (Wildman–Crippen MR) is 47.8 cm³/mol. The van der Waals surface area contributed by atoms with Crippen molar-refractivity contribution in [3.8, 4) is 0 Å². The van der Waals surface area contributed by atoms with Crippen LogP contribution in [0.5, 0.6) is 0 Å². The van der Waals surface area contributed by atoms with Crippen LogP contribution in [0.25, 0.3) is 0 Å². The third kappa shape index (κ3) is 4.28. The van der Waals surface area contributed by atoms with Crippen molar-refractivity contribution < 1.29 is 14.9 Å². The molecule has 0 rings (SSSR count). The van der Waals surface area contributed by atoms with Crippen molar-refractivity contribution >= 4 is 0 Å². The Hall–Kier alpha value is -0.640. The van der Waals surface area contributed by atoms with Crippen LogP contribution < -0.4 is 0 Å². The van der Waals surface area contributed by atoms with E-state index in [4.69, 9.17) is 9.84 Å². The van der Waals surface area contributed by atoms with Crippen molar-refractivity contribution in [2.24, 2.45) is 0 Å². The Morgan fingerprint density at radius 1 is 1.58 bits per heavy atom. The largest absolute Gasteiger partial charge is 0.394 e. The quantitative estimate of drug-likeness (QED) is 0.573. The molecule has 2 unspecified atom stereocenters. The van der Waals surface area contributed by atoms with Crippen molar-refractivity contribution in [3.63, 3.8) is 0 Å². The minimum Gasteiger partial charge on any atom is -0.394 e. The summed E-state index contributed by atoms with van der Waals surface area (Å²) in [5.41, 5.74) is 0. The number of ether oxygens (including phenoxy) is 1. The van der Waals surface area contributed by atoms with E-state index in [2.05, 4.69) is 6.58 Å². The van der Waals surface area contributed by atoms with Crippen LogP contribution in [0.1, 0.15) is 6.92 Å². The molecule has 0 radical (unpaired) electrons. The maximum absolute atomic E-state index is 9.33. The van der Waals surface area contributed by atoms with E-state index < -0.39 is 12.2 Å². The summed E-state index contributed by atoms with van der Waals surface area (Å²) in [6, 6.07) is 0. The van der Waals surface area contributed by atoms with Gasteiger partial charge < -0.3 is 14.9 Å². The van der Waals surface area contributed by atoms with Gasteiger partial charge in [-0.2, -0.15) is 0 Å². The summed E-state index contributed by atoms with van der Waals surface area (Å²) in [5.74, 6) is 0. The highest BCUT2D eigenvalue weighted by Gasteiger charge is 2.14. The Bertz CT molecular complexity index is 143. The molecule has 70 valence electrons. The molecule has 3 heteroatoms. The molecular formula is C9H16O3. The van der Waals surface area contributed by atoms with Crippen molar-refractivity contribution in [2.45, 2.75) is 19.1 Å². The Kier molecular flexibility index (Phi) is 6.66. The predicted octanol–water partition coefficient (Wildman–Crippen LogP) is 0.487. The molecule has 0 aliphatic heterocycles. The van der Waals surface area contributed by atoms with Gasteiger partial charge in [0.1, 0.15) is 12.2 Å². The summed E-state index contributed by atoms with van der Waals surface area (Å²) < 4.78 is 5.09. The number of hydrogen-bond acceptors (Lipinski definition) is 3. The van der Waals surface area contributed by atoms with Crippen LogP contribution in [0.15, 0.2) is 24.8 Å². The molecule has 0 fully saturated rings. The van der Waals surface area contributed by atoms with E-state index >= 15 is 0 Å². The molecule has 0 aromatic rings. The molecule has 12 heavy (non-hydrogen) atoms. The van der Waals surface area contributed by atoms with Gasteiger partial charge in [0, 0.05) is 0 Å². The second kappa shape index (κ2) is 7.03. The SMILES string of the molecule is C=CCOC(CO)C(O)C=CC. The molecule has 0 heterocycles. The van der Waals surface area contributed by atoms with Gasteiger partial charge in [-0.25, -0.2) is 0 Å². The van der Waals surface area contributed by atoms with Crippen LogP contribution in [0, 0.1) is 0 Å². The smallest absolute Gasteiger partial charge is 0.110 e. The first kappa shape index (κ1) is 11.4. The average molecular weight is 172 g/mol. The molecule has 2 N–H and O–H groups in total. The van der Waals surface area contributed by atoms with Crippen LogP contribution in [0.2, 0.25) is 0 Å². The fourth-order valence-electron chi connectivity index (χ4n) is 0.772. The van der Waals surface area contributed by atoms with Crippen LogP contribution in [0.4, 0.5) is 0 Å². The molecule has 0 aromatic heterocycles. The molecule has 0 aromatic carbocycles. The fourth-order valence-corrected chi connectivity index (χ4v) is 0.772. The van der Waals surface area contributed by atoms with Gasteiger partial charge in [-0.3, -0.25) is 0 Å². The van der Waals surface area contributed by atoms with E-state index in [-0.39, 0.29) is 6.61 Å². The summed E-state index contributed by atoms with van der Waals surface area (Å²) in [5, 5.41) is 18.1. The van der Waals surface area contributed by atoms with Crippen molar-refractivity contribution in [3.05, 3.63) is 24.8 Å². The summed E-state index contributed by atoms with van der Waals surface area (Å²) in [4.78, 5) is 0. The summed E-state index contributed by atoms with van der Waals surface area (Å²) in [6.07, 6.45) is 3.55. The summed E-state index contributed by atoms with van der Waals surface area (Å²) >= 11 is 0. The van der Waals surface area contributed by atoms with Crippen molar-refractivity contribution in [1.82, 2.24) is 0 Å². The number of rotatable bonds is 6. The third-order valence-electron chi connectivity index (χ3n) is 1.38. The van der Waals surface area contributed by atoms with E-state index in [1.54, 1.807) is 25.2 Å². The molecule has 3 nitrogen and oxygen atoms in total. The number of aliphatic hydroxyl groups is 2. The second-order valence-corrected chi connectivity index (χ2v) is 2.36.